The monoisotopic (exact) mass is 407 g/mol. The van der Waals surface area contributed by atoms with Crippen LogP contribution in [0.15, 0.2) is 54.7 Å². The standard InChI is InChI=1S/C25H29NO4/c1-2-3-4-5-6-7-8-19-9-12-22(13-10-19)30-18-24(27)26-16-15-20-17-21(25(28)29)11-14-23(20)26/h9-17H,2-8,18H2,1H3,(H,28,29). The van der Waals surface area contributed by atoms with Crippen LogP contribution in [0.25, 0.3) is 10.9 Å². The number of carboxylic acids is 1. The third kappa shape index (κ3) is 5.72. The van der Waals surface area contributed by atoms with Crippen molar-refractivity contribution in [2.75, 3.05) is 6.61 Å². The largest absolute Gasteiger partial charge is 0.484 e. The molecule has 0 spiro atoms. The van der Waals surface area contributed by atoms with Gasteiger partial charge in [-0.1, -0.05) is 51.2 Å². The van der Waals surface area contributed by atoms with Gasteiger partial charge in [0.05, 0.1) is 11.1 Å². The number of ether oxygens (including phenoxy) is 1. The molecule has 0 fully saturated rings. The molecule has 30 heavy (non-hydrogen) atoms. The molecule has 0 aliphatic carbocycles. The molecule has 0 saturated carbocycles. The third-order valence-electron chi connectivity index (χ3n) is 5.31. The molecule has 1 heterocycles. The molecule has 5 heteroatoms. The molecule has 0 saturated heterocycles. The number of aromatic carboxylic acids is 1. The number of hydrogen-bond donors (Lipinski definition) is 1. The minimum atomic E-state index is -0.987. The summed E-state index contributed by atoms with van der Waals surface area (Å²) in [6.45, 7) is 2.15. The number of nitrogens with zero attached hydrogens (tertiary/aromatic N) is 1. The summed E-state index contributed by atoms with van der Waals surface area (Å²) in [7, 11) is 0. The first-order valence-electron chi connectivity index (χ1n) is 10.7. The minimum Gasteiger partial charge on any atom is -0.484 e. The van der Waals surface area contributed by atoms with E-state index in [-0.39, 0.29) is 18.1 Å². The van der Waals surface area contributed by atoms with Gasteiger partial charge in [-0.15, -0.1) is 0 Å². The Kier molecular flexibility index (Phi) is 7.66. The van der Waals surface area contributed by atoms with Crippen molar-refractivity contribution in [3.8, 4) is 5.75 Å². The van der Waals surface area contributed by atoms with Crippen LogP contribution in [0.3, 0.4) is 0 Å². The summed E-state index contributed by atoms with van der Waals surface area (Å²) < 4.78 is 7.16. The van der Waals surface area contributed by atoms with Crippen LogP contribution >= 0.6 is 0 Å². The Hall–Kier alpha value is -3.08. The van der Waals surface area contributed by atoms with Crippen molar-refractivity contribution < 1.29 is 19.4 Å². The molecule has 158 valence electrons. The Morgan fingerprint density at radius 1 is 0.933 bits per heavy atom. The highest BCUT2D eigenvalue weighted by Crippen LogP contribution is 2.19. The molecule has 1 aromatic heterocycles. The van der Waals surface area contributed by atoms with Gasteiger partial charge in [-0.3, -0.25) is 9.36 Å². The van der Waals surface area contributed by atoms with Gasteiger partial charge >= 0.3 is 5.97 Å². The van der Waals surface area contributed by atoms with Crippen LogP contribution in [0.1, 0.15) is 66.2 Å². The molecule has 1 N–H and O–H groups in total. The highest BCUT2D eigenvalue weighted by molar-refractivity contribution is 5.97. The zero-order valence-corrected chi connectivity index (χ0v) is 17.5. The molecule has 2 aromatic carbocycles. The van der Waals surface area contributed by atoms with Gasteiger partial charge in [-0.25, -0.2) is 4.79 Å². The molecule has 0 aliphatic rings. The lowest BCUT2D eigenvalue weighted by molar-refractivity contribution is 0.0696. The average Bonchev–Trinajstić information content (AvgIpc) is 3.18. The van der Waals surface area contributed by atoms with Gasteiger partial charge in [0.15, 0.2) is 6.61 Å². The number of aryl methyl sites for hydroxylation is 1. The van der Waals surface area contributed by atoms with Crippen LogP contribution in [0, 0.1) is 0 Å². The van der Waals surface area contributed by atoms with Gasteiger partial charge in [0.2, 0.25) is 0 Å². The van der Waals surface area contributed by atoms with Crippen LogP contribution < -0.4 is 4.74 Å². The average molecular weight is 408 g/mol. The molecule has 0 bridgehead atoms. The highest BCUT2D eigenvalue weighted by Gasteiger charge is 2.12. The van der Waals surface area contributed by atoms with Crippen LogP contribution in [-0.2, 0) is 6.42 Å². The van der Waals surface area contributed by atoms with Gasteiger partial charge in [-0.2, -0.15) is 0 Å². The van der Waals surface area contributed by atoms with E-state index in [4.69, 9.17) is 9.84 Å². The second-order valence-corrected chi connectivity index (χ2v) is 7.61. The SMILES string of the molecule is CCCCCCCCc1ccc(OCC(=O)n2ccc3cc(C(=O)O)ccc32)cc1. The van der Waals surface area contributed by atoms with Gasteiger partial charge in [-0.05, 0) is 54.8 Å². The second-order valence-electron chi connectivity index (χ2n) is 7.61. The maximum atomic E-state index is 12.5. The molecule has 0 amide bonds. The molecule has 3 rings (SSSR count). The van der Waals surface area contributed by atoms with Crippen LogP contribution in [0.5, 0.6) is 5.75 Å². The number of rotatable bonds is 11. The topological polar surface area (TPSA) is 68.5 Å². The number of hydrogen-bond acceptors (Lipinski definition) is 3. The molecule has 5 nitrogen and oxygen atoms in total. The highest BCUT2D eigenvalue weighted by atomic mass is 16.5. The van der Waals surface area contributed by atoms with E-state index in [1.54, 1.807) is 24.4 Å². The van der Waals surface area contributed by atoms with E-state index < -0.39 is 5.97 Å². The zero-order valence-electron chi connectivity index (χ0n) is 17.5. The second kappa shape index (κ2) is 10.6. The van der Waals surface area contributed by atoms with E-state index in [0.29, 0.717) is 16.7 Å². The van der Waals surface area contributed by atoms with E-state index >= 15 is 0 Å². The Morgan fingerprint density at radius 3 is 2.40 bits per heavy atom. The van der Waals surface area contributed by atoms with Gasteiger partial charge < -0.3 is 9.84 Å². The zero-order chi connectivity index (χ0) is 21.3. The predicted octanol–water partition coefficient (Wildman–Crippen LogP) is 5.96. The summed E-state index contributed by atoms with van der Waals surface area (Å²) in [5.41, 5.74) is 2.16. The maximum absolute atomic E-state index is 12.5. The van der Waals surface area contributed by atoms with Gasteiger partial charge in [0.1, 0.15) is 5.75 Å². The van der Waals surface area contributed by atoms with Crippen LogP contribution in [0.4, 0.5) is 0 Å². The summed E-state index contributed by atoms with van der Waals surface area (Å²) in [6, 6.07) is 14.4. The van der Waals surface area contributed by atoms with Gasteiger partial charge in [0, 0.05) is 11.6 Å². The first-order chi connectivity index (χ1) is 14.6. The smallest absolute Gasteiger partial charge is 0.335 e. The van der Waals surface area contributed by atoms with Crippen molar-refractivity contribution in [1.82, 2.24) is 4.57 Å². The Balaban J connectivity index is 1.50. The number of carbonyl (C=O) groups excluding carboxylic acids is 1. The lowest BCUT2D eigenvalue weighted by Gasteiger charge is -2.08. The lowest BCUT2D eigenvalue weighted by atomic mass is 10.0. The molecule has 0 atom stereocenters. The van der Waals surface area contributed by atoms with Crippen molar-refractivity contribution in [2.24, 2.45) is 0 Å². The molecule has 0 aliphatic heterocycles. The first kappa shape index (κ1) is 21.6. The molecular weight excluding hydrogens is 378 g/mol. The van der Waals surface area contributed by atoms with E-state index in [1.807, 2.05) is 12.1 Å². The molecule has 3 aromatic rings. The van der Waals surface area contributed by atoms with E-state index in [1.165, 1.54) is 54.7 Å². The number of fused-ring (bicyclic) bond motifs is 1. The Morgan fingerprint density at radius 2 is 1.67 bits per heavy atom. The number of carboxylic acid groups (broad SMARTS) is 1. The van der Waals surface area contributed by atoms with Crippen molar-refractivity contribution in [2.45, 2.75) is 51.9 Å². The van der Waals surface area contributed by atoms with Crippen LogP contribution in [0.2, 0.25) is 0 Å². The third-order valence-corrected chi connectivity index (χ3v) is 5.31. The number of aromatic nitrogens is 1. The quantitative estimate of drug-likeness (QED) is 0.398. The molecular formula is C25H29NO4. The van der Waals surface area contributed by atoms with E-state index in [0.717, 1.165) is 6.42 Å². The fourth-order valence-electron chi connectivity index (χ4n) is 3.57. The fraction of sp³-hybridized carbons (Fsp3) is 0.360. The molecule has 0 unspecified atom stereocenters. The number of carbonyl (C=O) groups is 2. The summed E-state index contributed by atoms with van der Waals surface area (Å²) >= 11 is 0. The minimum absolute atomic E-state index is 0.0821. The summed E-state index contributed by atoms with van der Waals surface area (Å²) in [6.07, 6.45) is 10.4. The van der Waals surface area contributed by atoms with E-state index in [2.05, 4.69) is 19.1 Å². The van der Waals surface area contributed by atoms with Crippen molar-refractivity contribution in [1.29, 1.82) is 0 Å². The fourth-order valence-corrected chi connectivity index (χ4v) is 3.57. The number of benzene rings is 2. The Labute approximate surface area is 177 Å². The van der Waals surface area contributed by atoms with Crippen molar-refractivity contribution >= 4 is 22.8 Å². The van der Waals surface area contributed by atoms with Crippen molar-refractivity contribution in [3.63, 3.8) is 0 Å². The molecule has 0 radical (unpaired) electrons. The van der Waals surface area contributed by atoms with E-state index in [9.17, 15) is 9.59 Å². The predicted molar refractivity (Wildman–Crippen MR) is 119 cm³/mol. The first-order valence-corrected chi connectivity index (χ1v) is 10.7. The van der Waals surface area contributed by atoms with Gasteiger partial charge in [0.25, 0.3) is 5.91 Å². The summed E-state index contributed by atoms with van der Waals surface area (Å²) in [5, 5.41) is 9.80. The normalized spacial score (nSPS) is 11.0. The lowest BCUT2D eigenvalue weighted by Crippen LogP contribution is -2.18. The Bertz CT molecular complexity index is 988. The summed E-state index contributed by atoms with van der Waals surface area (Å²) in [5.74, 6) is -0.525. The number of unbranched alkanes of at least 4 members (excludes halogenated alkanes) is 5. The maximum Gasteiger partial charge on any atom is 0.335 e. The van der Waals surface area contributed by atoms with Crippen LogP contribution in [-0.4, -0.2) is 28.2 Å². The van der Waals surface area contributed by atoms with Crippen molar-refractivity contribution in [3.05, 3.63) is 65.9 Å². The summed E-state index contributed by atoms with van der Waals surface area (Å²) in [4.78, 5) is 23.6.